The standard InChI is InChI=1S/C15H28N4/c1-7-19(6)14-10-17-15(12(4)5)18-13(14)9-16-8-11(2)3/h10-12,16H,7-9H2,1-6H3. The lowest BCUT2D eigenvalue weighted by Gasteiger charge is -2.21. The van der Waals surface area contributed by atoms with Crippen LogP contribution in [0.2, 0.25) is 0 Å². The van der Waals surface area contributed by atoms with Crippen LogP contribution in [0, 0.1) is 5.92 Å². The van der Waals surface area contributed by atoms with Crippen molar-refractivity contribution in [2.75, 3.05) is 25.0 Å². The largest absolute Gasteiger partial charge is 0.372 e. The number of nitrogens with zero attached hydrogens (tertiary/aromatic N) is 3. The Morgan fingerprint density at radius 1 is 1.26 bits per heavy atom. The Morgan fingerprint density at radius 3 is 2.47 bits per heavy atom. The maximum Gasteiger partial charge on any atom is 0.131 e. The van der Waals surface area contributed by atoms with E-state index in [1.54, 1.807) is 0 Å². The van der Waals surface area contributed by atoms with Crippen LogP contribution in [-0.4, -0.2) is 30.1 Å². The zero-order chi connectivity index (χ0) is 14.4. The minimum absolute atomic E-state index is 0.366. The summed E-state index contributed by atoms with van der Waals surface area (Å²) in [4.78, 5) is 11.4. The first-order valence-corrected chi connectivity index (χ1v) is 7.23. The molecule has 0 aliphatic rings. The minimum Gasteiger partial charge on any atom is -0.372 e. The summed E-state index contributed by atoms with van der Waals surface area (Å²) < 4.78 is 0. The van der Waals surface area contributed by atoms with E-state index in [4.69, 9.17) is 4.98 Å². The lowest BCUT2D eigenvalue weighted by molar-refractivity contribution is 0.546. The molecule has 0 fully saturated rings. The lowest BCUT2D eigenvalue weighted by atomic mass is 10.2. The van der Waals surface area contributed by atoms with Crippen LogP contribution in [0.1, 0.15) is 52.1 Å². The Balaban J connectivity index is 2.90. The second-order valence-electron chi connectivity index (χ2n) is 5.75. The molecule has 1 rings (SSSR count). The third kappa shape index (κ3) is 4.78. The summed E-state index contributed by atoms with van der Waals surface area (Å²) in [6.07, 6.45) is 1.96. The minimum atomic E-state index is 0.366. The highest BCUT2D eigenvalue weighted by Gasteiger charge is 2.12. The molecule has 0 saturated carbocycles. The molecule has 0 bridgehead atoms. The van der Waals surface area contributed by atoms with E-state index in [1.165, 1.54) is 0 Å². The molecule has 0 saturated heterocycles. The molecule has 0 radical (unpaired) electrons. The summed E-state index contributed by atoms with van der Waals surface area (Å²) in [5.74, 6) is 1.94. The fraction of sp³-hybridized carbons (Fsp3) is 0.733. The predicted molar refractivity (Wildman–Crippen MR) is 81.6 cm³/mol. The van der Waals surface area contributed by atoms with Gasteiger partial charge in [0.15, 0.2) is 0 Å². The van der Waals surface area contributed by atoms with E-state index in [9.17, 15) is 0 Å². The molecule has 1 aromatic rings. The topological polar surface area (TPSA) is 41.1 Å². The number of aromatic nitrogens is 2. The third-order valence-electron chi connectivity index (χ3n) is 3.11. The van der Waals surface area contributed by atoms with Crippen LogP contribution in [0.25, 0.3) is 0 Å². The van der Waals surface area contributed by atoms with E-state index in [1.807, 2.05) is 6.20 Å². The molecule has 0 spiro atoms. The van der Waals surface area contributed by atoms with Crippen LogP contribution in [0.5, 0.6) is 0 Å². The normalized spacial score (nSPS) is 11.4. The van der Waals surface area contributed by atoms with Gasteiger partial charge in [0, 0.05) is 26.1 Å². The van der Waals surface area contributed by atoms with Crippen LogP contribution in [-0.2, 0) is 6.54 Å². The molecule has 108 valence electrons. The molecule has 0 amide bonds. The molecule has 4 nitrogen and oxygen atoms in total. The maximum atomic E-state index is 4.72. The molecule has 1 heterocycles. The molecule has 0 aliphatic carbocycles. The Hall–Kier alpha value is -1.16. The van der Waals surface area contributed by atoms with Crippen molar-refractivity contribution in [1.29, 1.82) is 0 Å². The van der Waals surface area contributed by atoms with Crippen molar-refractivity contribution >= 4 is 5.69 Å². The van der Waals surface area contributed by atoms with Gasteiger partial charge < -0.3 is 10.2 Å². The van der Waals surface area contributed by atoms with E-state index in [2.05, 4.69) is 56.9 Å². The summed E-state index contributed by atoms with van der Waals surface area (Å²) in [5, 5.41) is 3.47. The van der Waals surface area contributed by atoms with E-state index in [-0.39, 0.29) is 0 Å². The van der Waals surface area contributed by atoms with Gasteiger partial charge >= 0.3 is 0 Å². The quantitative estimate of drug-likeness (QED) is 0.822. The zero-order valence-electron chi connectivity index (χ0n) is 13.2. The molecule has 0 aliphatic heterocycles. The highest BCUT2D eigenvalue weighted by molar-refractivity contribution is 5.48. The molecule has 0 unspecified atom stereocenters. The number of anilines is 1. The molecular weight excluding hydrogens is 236 g/mol. The van der Waals surface area contributed by atoms with Crippen molar-refractivity contribution in [2.24, 2.45) is 5.92 Å². The average Bonchev–Trinajstić information content (AvgIpc) is 2.37. The summed E-state index contributed by atoms with van der Waals surface area (Å²) in [6, 6.07) is 0. The Morgan fingerprint density at radius 2 is 1.95 bits per heavy atom. The van der Waals surface area contributed by atoms with Crippen molar-refractivity contribution in [3.63, 3.8) is 0 Å². The van der Waals surface area contributed by atoms with Crippen LogP contribution in [0.4, 0.5) is 5.69 Å². The van der Waals surface area contributed by atoms with Crippen molar-refractivity contribution in [3.8, 4) is 0 Å². The number of rotatable bonds is 7. The SMILES string of the molecule is CCN(C)c1cnc(C(C)C)nc1CNCC(C)C. The van der Waals surface area contributed by atoms with Crippen LogP contribution in [0.3, 0.4) is 0 Å². The molecule has 19 heavy (non-hydrogen) atoms. The zero-order valence-corrected chi connectivity index (χ0v) is 13.2. The molecular formula is C15H28N4. The monoisotopic (exact) mass is 264 g/mol. The van der Waals surface area contributed by atoms with Crippen molar-refractivity contribution in [3.05, 3.63) is 17.7 Å². The Labute approximate surface area is 117 Å². The van der Waals surface area contributed by atoms with Gasteiger partial charge in [-0.25, -0.2) is 9.97 Å². The van der Waals surface area contributed by atoms with Crippen LogP contribution >= 0.6 is 0 Å². The molecule has 0 aromatic carbocycles. The van der Waals surface area contributed by atoms with E-state index >= 15 is 0 Å². The highest BCUT2D eigenvalue weighted by Crippen LogP contribution is 2.19. The first-order chi connectivity index (χ1) is 8.95. The second kappa shape index (κ2) is 7.43. The lowest BCUT2D eigenvalue weighted by Crippen LogP contribution is -2.24. The number of hydrogen-bond donors (Lipinski definition) is 1. The van der Waals surface area contributed by atoms with Gasteiger partial charge in [-0.05, 0) is 19.4 Å². The summed E-state index contributed by atoms with van der Waals surface area (Å²) in [5.41, 5.74) is 2.23. The Kier molecular flexibility index (Phi) is 6.22. The predicted octanol–water partition coefficient (Wildman–Crippen LogP) is 2.80. The fourth-order valence-corrected chi connectivity index (χ4v) is 1.80. The van der Waals surface area contributed by atoms with Gasteiger partial charge in [-0.15, -0.1) is 0 Å². The summed E-state index contributed by atoms with van der Waals surface area (Å²) >= 11 is 0. The van der Waals surface area contributed by atoms with E-state index in [0.29, 0.717) is 11.8 Å². The average molecular weight is 264 g/mol. The maximum absolute atomic E-state index is 4.72. The van der Waals surface area contributed by atoms with Crippen LogP contribution in [0.15, 0.2) is 6.20 Å². The van der Waals surface area contributed by atoms with Crippen LogP contribution < -0.4 is 10.2 Å². The highest BCUT2D eigenvalue weighted by atomic mass is 15.1. The smallest absolute Gasteiger partial charge is 0.131 e. The van der Waals surface area contributed by atoms with Gasteiger partial charge in [-0.3, -0.25) is 0 Å². The van der Waals surface area contributed by atoms with Gasteiger partial charge in [-0.2, -0.15) is 0 Å². The summed E-state index contributed by atoms with van der Waals surface area (Å²) in [7, 11) is 2.08. The summed E-state index contributed by atoms with van der Waals surface area (Å²) in [6.45, 7) is 13.6. The van der Waals surface area contributed by atoms with E-state index in [0.717, 1.165) is 36.8 Å². The Bertz CT molecular complexity index is 388. The third-order valence-corrected chi connectivity index (χ3v) is 3.11. The van der Waals surface area contributed by atoms with Gasteiger partial charge in [0.05, 0.1) is 17.6 Å². The fourth-order valence-electron chi connectivity index (χ4n) is 1.80. The van der Waals surface area contributed by atoms with E-state index < -0.39 is 0 Å². The van der Waals surface area contributed by atoms with Crippen molar-refractivity contribution < 1.29 is 0 Å². The van der Waals surface area contributed by atoms with Gasteiger partial charge in [-0.1, -0.05) is 27.7 Å². The number of nitrogens with one attached hydrogen (secondary N) is 1. The molecule has 1 N–H and O–H groups in total. The first-order valence-electron chi connectivity index (χ1n) is 7.23. The molecule has 4 heteroatoms. The van der Waals surface area contributed by atoms with Gasteiger partial charge in [0.25, 0.3) is 0 Å². The second-order valence-corrected chi connectivity index (χ2v) is 5.75. The first kappa shape index (κ1) is 15.9. The molecule has 1 aromatic heterocycles. The van der Waals surface area contributed by atoms with Crippen molar-refractivity contribution in [1.82, 2.24) is 15.3 Å². The van der Waals surface area contributed by atoms with Gasteiger partial charge in [0.1, 0.15) is 5.82 Å². The van der Waals surface area contributed by atoms with Gasteiger partial charge in [0.2, 0.25) is 0 Å². The van der Waals surface area contributed by atoms with Crippen molar-refractivity contribution in [2.45, 2.75) is 47.1 Å². The number of hydrogen-bond acceptors (Lipinski definition) is 4. The molecule has 0 atom stereocenters.